The number of H-pyrrole nitrogens is 1. The molecule has 32 heavy (non-hydrogen) atoms. The van der Waals surface area contributed by atoms with E-state index in [9.17, 15) is 22.8 Å². The Labute approximate surface area is 179 Å². The number of rotatable bonds is 4. The molecule has 0 bridgehead atoms. The Hall–Kier alpha value is -3.89. The lowest BCUT2D eigenvalue weighted by molar-refractivity contribution is -0.137. The molecule has 0 radical (unpaired) electrons. The van der Waals surface area contributed by atoms with E-state index in [2.05, 4.69) is 20.6 Å². The van der Waals surface area contributed by atoms with Gasteiger partial charge in [-0.25, -0.2) is 4.98 Å². The molecular weight excluding hydrogens is 427 g/mol. The summed E-state index contributed by atoms with van der Waals surface area (Å²) in [5.41, 5.74) is 2.03. The highest BCUT2D eigenvalue weighted by Crippen LogP contribution is 2.31. The second-order valence-electron chi connectivity index (χ2n) is 7.38. The van der Waals surface area contributed by atoms with Gasteiger partial charge in [0.15, 0.2) is 5.65 Å². The number of nitrogens with one attached hydrogen (secondary N) is 2. The Balaban J connectivity index is 1.52. The van der Waals surface area contributed by atoms with Crippen LogP contribution in [0.15, 0.2) is 39.6 Å². The van der Waals surface area contributed by atoms with E-state index in [0.717, 1.165) is 12.1 Å². The van der Waals surface area contributed by atoms with Crippen molar-refractivity contribution in [3.8, 4) is 11.3 Å². The van der Waals surface area contributed by atoms with Crippen LogP contribution in [0, 0.1) is 13.8 Å². The number of aromatic nitrogens is 4. The maximum Gasteiger partial charge on any atom is 0.416 e. The zero-order valence-electron chi connectivity index (χ0n) is 17.3. The number of hydrogen-bond acceptors (Lipinski definition) is 5. The van der Waals surface area contributed by atoms with Crippen LogP contribution in [0.1, 0.15) is 22.4 Å². The van der Waals surface area contributed by atoms with Gasteiger partial charge in [-0.3, -0.25) is 24.7 Å². The molecule has 0 aliphatic rings. The summed E-state index contributed by atoms with van der Waals surface area (Å²) in [5, 5.41) is 9.44. The second-order valence-corrected chi connectivity index (χ2v) is 7.38. The van der Waals surface area contributed by atoms with Crippen LogP contribution in [-0.2, 0) is 24.4 Å². The minimum Gasteiger partial charge on any atom is -0.338 e. The van der Waals surface area contributed by atoms with Crippen LogP contribution in [0.3, 0.4) is 0 Å². The number of alkyl halides is 3. The van der Waals surface area contributed by atoms with Gasteiger partial charge in [0.25, 0.3) is 5.56 Å². The number of pyridine rings is 1. The third kappa shape index (κ3) is 3.88. The third-order valence-electron chi connectivity index (χ3n) is 5.19. The van der Waals surface area contributed by atoms with Gasteiger partial charge in [0, 0.05) is 24.4 Å². The average Bonchev–Trinajstić information content (AvgIpc) is 3.29. The van der Waals surface area contributed by atoms with Crippen molar-refractivity contribution >= 4 is 22.8 Å². The number of aryl methyl sites for hydroxylation is 3. The molecule has 0 aliphatic carbocycles. The molecular formula is C21H18F3N5O3. The molecule has 0 atom stereocenters. The average molecular weight is 445 g/mol. The predicted molar refractivity (Wildman–Crippen MR) is 110 cm³/mol. The fourth-order valence-corrected chi connectivity index (χ4v) is 3.55. The van der Waals surface area contributed by atoms with Crippen molar-refractivity contribution in [2.24, 2.45) is 7.05 Å². The summed E-state index contributed by atoms with van der Waals surface area (Å²) in [6, 6.07) is 5.86. The molecule has 1 amide bonds. The maximum absolute atomic E-state index is 12.7. The summed E-state index contributed by atoms with van der Waals surface area (Å²) in [5.74, 6) is -0.369. The highest BCUT2D eigenvalue weighted by atomic mass is 19.4. The molecule has 0 saturated carbocycles. The number of carbonyl (C=O) groups is 1. The monoisotopic (exact) mass is 445 g/mol. The van der Waals surface area contributed by atoms with Crippen LogP contribution >= 0.6 is 0 Å². The van der Waals surface area contributed by atoms with Crippen molar-refractivity contribution in [3.05, 3.63) is 63.1 Å². The lowest BCUT2D eigenvalue weighted by atomic mass is 10.0. The first-order valence-corrected chi connectivity index (χ1v) is 9.53. The molecule has 0 fully saturated rings. The van der Waals surface area contributed by atoms with Crippen LogP contribution in [0.4, 0.5) is 19.1 Å². The van der Waals surface area contributed by atoms with E-state index in [1.165, 1.54) is 22.9 Å². The molecule has 0 aliphatic heterocycles. The molecule has 2 N–H and O–H groups in total. The number of carbonyl (C=O) groups excluding carboxylic acids is 1. The van der Waals surface area contributed by atoms with Crippen molar-refractivity contribution in [2.45, 2.75) is 26.4 Å². The van der Waals surface area contributed by atoms with Gasteiger partial charge in [0.05, 0.1) is 17.4 Å². The predicted octanol–water partition coefficient (Wildman–Crippen LogP) is 3.73. The molecule has 166 valence electrons. The van der Waals surface area contributed by atoms with Gasteiger partial charge >= 0.3 is 6.18 Å². The lowest BCUT2D eigenvalue weighted by Gasteiger charge is -2.10. The number of hydrogen-bond donors (Lipinski definition) is 2. The van der Waals surface area contributed by atoms with Crippen LogP contribution in [0.5, 0.6) is 0 Å². The first kappa shape index (κ1) is 21.3. The van der Waals surface area contributed by atoms with E-state index in [4.69, 9.17) is 4.52 Å². The molecule has 0 saturated heterocycles. The second kappa shape index (κ2) is 7.66. The van der Waals surface area contributed by atoms with Crippen molar-refractivity contribution in [3.63, 3.8) is 0 Å². The van der Waals surface area contributed by atoms with Crippen molar-refractivity contribution in [1.82, 2.24) is 19.9 Å². The summed E-state index contributed by atoms with van der Waals surface area (Å²) >= 11 is 0. The van der Waals surface area contributed by atoms with Gasteiger partial charge in [0.2, 0.25) is 11.8 Å². The molecule has 1 aromatic carbocycles. The summed E-state index contributed by atoms with van der Waals surface area (Å²) < 4.78 is 44.8. The maximum atomic E-state index is 12.7. The number of nitrogens with zero attached hydrogens (tertiary/aromatic N) is 3. The van der Waals surface area contributed by atoms with E-state index in [0.29, 0.717) is 33.4 Å². The number of benzene rings is 1. The first-order valence-electron chi connectivity index (χ1n) is 9.53. The van der Waals surface area contributed by atoms with Gasteiger partial charge < -0.3 is 4.52 Å². The normalized spacial score (nSPS) is 11.8. The quantitative estimate of drug-likeness (QED) is 0.498. The SMILES string of the molecule is Cc1nc2c(c(C)c1CC(=O)Nc1cc(-c3ccc(C(F)(F)F)cc3)no1)c(=O)[nH]n2C. The third-order valence-corrected chi connectivity index (χ3v) is 5.19. The Morgan fingerprint density at radius 2 is 1.91 bits per heavy atom. The van der Waals surface area contributed by atoms with Gasteiger partial charge in [-0.2, -0.15) is 13.2 Å². The van der Waals surface area contributed by atoms with E-state index < -0.39 is 17.6 Å². The number of halogens is 3. The topological polar surface area (TPSA) is 106 Å². The highest BCUT2D eigenvalue weighted by molar-refractivity contribution is 5.93. The Bertz CT molecular complexity index is 1380. The van der Waals surface area contributed by atoms with E-state index in [-0.39, 0.29) is 23.6 Å². The molecule has 0 spiro atoms. The van der Waals surface area contributed by atoms with Gasteiger partial charge in [-0.05, 0) is 37.1 Å². The summed E-state index contributed by atoms with van der Waals surface area (Å²) in [7, 11) is 1.68. The van der Waals surface area contributed by atoms with Crippen LogP contribution in [-0.4, -0.2) is 25.8 Å². The standard InChI is InChI=1S/C21H18F3N5O3/c1-10-14(11(2)25-19-18(10)20(31)27-29(19)3)8-16(30)26-17-9-15(28-32-17)12-4-6-13(7-5-12)21(22,23)24/h4-7,9H,8H2,1-3H3,(H,26,30)(H,27,31). The van der Waals surface area contributed by atoms with Crippen molar-refractivity contribution in [2.75, 3.05) is 5.32 Å². The minimum atomic E-state index is -4.43. The molecule has 3 aromatic heterocycles. The van der Waals surface area contributed by atoms with Crippen molar-refractivity contribution in [1.29, 1.82) is 0 Å². The Morgan fingerprint density at radius 3 is 2.56 bits per heavy atom. The Morgan fingerprint density at radius 1 is 1.22 bits per heavy atom. The van der Waals surface area contributed by atoms with Crippen LogP contribution in [0.25, 0.3) is 22.3 Å². The summed E-state index contributed by atoms with van der Waals surface area (Å²) in [6.07, 6.45) is -4.48. The zero-order valence-corrected chi connectivity index (χ0v) is 17.3. The first-order chi connectivity index (χ1) is 15.0. The highest BCUT2D eigenvalue weighted by Gasteiger charge is 2.30. The van der Waals surface area contributed by atoms with Gasteiger partial charge in [0.1, 0.15) is 5.69 Å². The molecule has 4 aromatic rings. The smallest absolute Gasteiger partial charge is 0.338 e. The molecule has 8 nitrogen and oxygen atoms in total. The van der Waals surface area contributed by atoms with Crippen LogP contribution in [0.2, 0.25) is 0 Å². The summed E-state index contributed by atoms with van der Waals surface area (Å²) in [4.78, 5) is 29.2. The van der Waals surface area contributed by atoms with E-state index in [1.54, 1.807) is 20.9 Å². The lowest BCUT2D eigenvalue weighted by Crippen LogP contribution is -2.16. The Kier molecular flexibility index (Phi) is 5.11. The van der Waals surface area contributed by atoms with Gasteiger partial charge in [-0.15, -0.1) is 0 Å². The van der Waals surface area contributed by atoms with Crippen LogP contribution < -0.4 is 10.9 Å². The van der Waals surface area contributed by atoms with Crippen molar-refractivity contribution < 1.29 is 22.5 Å². The number of amides is 1. The molecule has 4 rings (SSSR count). The van der Waals surface area contributed by atoms with E-state index in [1.807, 2.05) is 0 Å². The molecule has 3 heterocycles. The summed E-state index contributed by atoms with van der Waals surface area (Å²) in [6.45, 7) is 3.51. The number of anilines is 1. The van der Waals surface area contributed by atoms with Gasteiger partial charge in [-0.1, -0.05) is 17.3 Å². The molecule has 0 unspecified atom stereocenters. The minimum absolute atomic E-state index is 0.0480. The fourth-order valence-electron chi connectivity index (χ4n) is 3.55. The largest absolute Gasteiger partial charge is 0.416 e. The number of fused-ring (bicyclic) bond motifs is 1. The molecule has 11 heteroatoms. The fraction of sp³-hybridized carbons (Fsp3) is 0.238. The number of aromatic amines is 1. The van der Waals surface area contributed by atoms with E-state index >= 15 is 0 Å². The zero-order chi connectivity index (χ0) is 23.2.